The second kappa shape index (κ2) is 9.79. The second-order valence-corrected chi connectivity index (χ2v) is 7.21. The van der Waals surface area contributed by atoms with E-state index in [2.05, 4.69) is 5.32 Å². The van der Waals surface area contributed by atoms with E-state index in [9.17, 15) is 9.59 Å². The minimum absolute atomic E-state index is 0.0380. The van der Waals surface area contributed by atoms with Gasteiger partial charge in [-0.2, -0.15) is 0 Å². The lowest BCUT2D eigenvalue weighted by atomic mass is 10.2. The van der Waals surface area contributed by atoms with Crippen LogP contribution >= 0.6 is 23.4 Å². The number of thioether (sulfide) groups is 1. The molecule has 7 heteroatoms. The van der Waals surface area contributed by atoms with Gasteiger partial charge in [0.2, 0.25) is 5.91 Å². The predicted octanol–water partition coefficient (Wildman–Crippen LogP) is 3.09. The number of benzene rings is 1. The Bertz CT molecular complexity index is 545. The molecular formula is C17H24ClN3O2S. The Kier molecular flexibility index (Phi) is 7.72. The van der Waals surface area contributed by atoms with E-state index in [0.717, 1.165) is 17.2 Å². The van der Waals surface area contributed by atoms with Gasteiger partial charge in [0, 0.05) is 49.1 Å². The summed E-state index contributed by atoms with van der Waals surface area (Å²) in [5.41, 5.74) is 0. The van der Waals surface area contributed by atoms with E-state index in [1.54, 1.807) is 16.7 Å². The van der Waals surface area contributed by atoms with Crippen LogP contribution in [0.25, 0.3) is 0 Å². The maximum Gasteiger partial charge on any atom is 0.317 e. The molecule has 3 amide bonds. The highest BCUT2D eigenvalue weighted by Gasteiger charge is 2.23. The first-order chi connectivity index (χ1) is 11.6. The van der Waals surface area contributed by atoms with Crippen LogP contribution < -0.4 is 5.32 Å². The Hall–Kier alpha value is -1.40. The fourth-order valence-electron chi connectivity index (χ4n) is 2.52. The SMILES string of the molecule is CCNC(=O)N1CCN(C(=O)CCCSc2ccc(Cl)cc2)CC1. The molecule has 1 saturated heterocycles. The number of carbonyl (C=O) groups is 2. The van der Waals surface area contributed by atoms with Gasteiger partial charge < -0.3 is 15.1 Å². The Balaban J connectivity index is 1.63. The van der Waals surface area contributed by atoms with E-state index >= 15 is 0 Å². The number of hydrogen-bond donors (Lipinski definition) is 1. The van der Waals surface area contributed by atoms with Gasteiger partial charge in [0.05, 0.1) is 0 Å². The summed E-state index contributed by atoms with van der Waals surface area (Å²) in [6.07, 6.45) is 1.41. The van der Waals surface area contributed by atoms with Crippen LogP contribution in [0, 0.1) is 0 Å². The van der Waals surface area contributed by atoms with E-state index in [4.69, 9.17) is 11.6 Å². The molecule has 0 radical (unpaired) electrons. The van der Waals surface area contributed by atoms with Gasteiger partial charge in [0.1, 0.15) is 0 Å². The number of hydrogen-bond acceptors (Lipinski definition) is 3. The normalized spacial score (nSPS) is 14.6. The van der Waals surface area contributed by atoms with Gasteiger partial charge in [0.25, 0.3) is 0 Å². The zero-order valence-corrected chi connectivity index (χ0v) is 15.5. The number of rotatable bonds is 6. The Morgan fingerprint density at radius 1 is 1.12 bits per heavy atom. The zero-order chi connectivity index (χ0) is 17.4. The molecule has 1 aromatic carbocycles. The second-order valence-electron chi connectivity index (χ2n) is 5.61. The van der Waals surface area contributed by atoms with Gasteiger partial charge in [-0.1, -0.05) is 11.6 Å². The van der Waals surface area contributed by atoms with Crippen LogP contribution in [0.2, 0.25) is 5.02 Å². The molecule has 0 spiro atoms. The van der Waals surface area contributed by atoms with Crippen LogP contribution in [0.3, 0.4) is 0 Å². The van der Waals surface area contributed by atoms with Crippen molar-refractivity contribution in [1.82, 2.24) is 15.1 Å². The lowest BCUT2D eigenvalue weighted by Crippen LogP contribution is -2.53. The number of urea groups is 1. The molecule has 0 bridgehead atoms. The first kappa shape index (κ1) is 18.9. The molecule has 1 heterocycles. The molecule has 24 heavy (non-hydrogen) atoms. The molecule has 1 aliphatic heterocycles. The Labute approximate surface area is 152 Å². The van der Waals surface area contributed by atoms with Crippen LogP contribution in [0.4, 0.5) is 4.79 Å². The fourth-order valence-corrected chi connectivity index (χ4v) is 3.50. The van der Waals surface area contributed by atoms with E-state index in [1.165, 1.54) is 4.90 Å². The van der Waals surface area contributed by atoms with E-state index < -0.39 is 0 Å². The van der Waals surface area contributed by atoms with E-state index in [0.29, 0.717) is 39.1 Å². The summed E-state index contributed by atoms with van der Waals surface area (Å²) in [7, 11) is 0. The minimum atomic E-state index is -0.0380. The average Bonchev–Trinajstić information content (AvgIpc) is 2.60. The Morgan fingerprint density at radius 2 is 1.75 bits per heavy atom. The van der Waals surface area contributed by atoms with Gasteiger partial charge in [0.15, 0.2) is 0 Å². The van der Waals surface area contributed by atoms with Gasteiger partial charge in [-0.15, -0.1) is 11.8 Å². The maximum atomic E-state index is 12.2. The van der Waals surface area contributed by atoms with E-state index in [-0.39, 0.29) is 11.9 Å². The number of halogens is 1. The van der Waals surface area contributed by atoms with Crippen LogP contribution in [0.1, 0.15) is 19.8 Å². The largest absolute Gasteiger partial charge is 0.339 e. The quantitative estimate of drug-likeness (QED) is 0.619. The number of carbonyl (C=O) groups excluding carboxylic acids is 2. The lowest BCUT2D eigenvalue weighted by molar-refractivity contribution is -0.132. The monoisotopic (exact) mass is 369 g/mol. The van der Waals surface area contributed by atoms with Crippen molar-refractivity contribution < 1.29 is 9.59 Å². The third-order valence-electron chi connectivity index (χ3n) is 3.86. The Morgan fingerprint density at radius 3 is 2.38 bits per heavy atom. The number of amides is 3. The molecule has 1 aliphatic rings. The van der Waals surface area contributed by atoms with Crippen LogP contribution in [-0.2, 0) is 4.79 Å². The zero-order valence-electron chi connectivity index (χ0n) is 14.0. The maximum absolute atomic E-state index is 12.2. The molecule has 0 unspecified atom stereocenters. The third kappa shape index (κ3) is 5.91. The van der Waals surface area contributed by atoms with Crippen molar-refractivity contribution in [3.05, 3.63) is 29.3 Å². The van der Waals surface area contributed by atoms with Crippen molar-refractivity contribution >= 4 is 35.3 Å². The van der Waals surface area contributed by atoms with Gasteiger partial charge in [-0.25, -0.2) is 4.79 Å². The highest BCUT2D eigenvalue weighted by Crippen LogP contribution is 2.21. The van der Waals surface area contributed by atoms with Crippen molar-refractivity contribution in [2.75, 3.05) is 38.5 Å². The van der Waals surface area contributed by atoms with Crippen molar-refractivity contribution in [3.63, 3.8) is 0 Å². The molecule has 2 rings (SSSR count). The summed E-state index contributed by atoms with van der Waals surface area (Å²) in [4.78, 5) is 28.8. The molecule has 132 valence electrons. The van der Waals surface area contributed by atoms with E-state index in [1.807, 2.05) is 36.1 Å². The molecule has 0 aliphatic carbocycles. The number of nitrogens with one attached hydrogen (secondary N) is 1. The molecule has 5 nitrogen and oxygen atoms in total. The van der Waals surface area contributed by atoms with Crippen LogP contribution in [0.15, 0.2) is 29.2 Å². The van der Waals surface area contributed by atoms with Crippen molar-refractivity contribution in [3.8, 4) is 0 Å². The predicted molar refractivity (Wildman–Crippen MR) is 98.6 cm³/mol. The smallest absolute Gasteiger partial charge is 0.317 e. The summed E-state index contributed by atoms with van der Waals surface area (Å²) in [6, 6.07) is 7.71. The third-order valence-corrected chi connectivity index (χ3v) is 5.22. The molecule has 0 aromatic heterocycles. The number of piperazine rings is 1. The van der Waals surface area contributed by atoms with Crippen LogP contribution in [0.5, 0.6) is 0 Å². The molecule has 0 atom stereocenters. The molecule has 0 saturated carbocycles. The van der Waals surface area contributed by atoms with Crippen molar-refractivity contribution in [1.29, 1.82) is 0 Å². The summed E-state index contributed by atoms with van der Waals surface area (Å²) in [6.45, 7) is 5.00. The summed E-state index contributed by atoms with van der Waals surface area (Å²) >= 11 is 7.60. The average molecular weight is 370 g/mol. The summed E-state index contributed by atoms with van der Waals surface area (Å²) < 4.78 is 0. The fraction of sp³-hybridized carbons (Fsp3) is 0.529. The van der Waals surface area contributed by atoms with Gasteiger partial charge >= 0.3 is 6.03 Å². The molecule has 1 aromatic rings. The standard InChI is InChI=1S/C17H24ClN3O2S/c1-2-19-17(23)21-11-9-20(10-12-21)16(22)4-3-13-24-15-7-5-14(18)6-8-15/h5-8H,2-4,9-13H2,1H3,(H,19,23). The lowest BCUT2D eigenvalue weighted by Gasteiger charge is -2.34. The highest BCUT2D eigenvalue weighted by atomic mass is 35.5. The molecular weight excluding hydrogens is 346 g/mol. The van der Waals surface area contributed by atoms with Crippen molar-refractivity contribution in [2.24, 2.45) is 0 Å². The molecule has 1 fully saturated rings. The molecule has 1 N–H and O–H groups in total. The summed E-state index contributed by atoms with van der Waals surface area (Å²) in [5, 5.41) is 3.53. The van der Waals surface area contributed by atoms with Crippen molar-refractivity contribution in [2.45, 2.75) is 24.7 Å². The number of nitrogens with zero attached hydrogens (tertiary/aromatic N) is 2. The highest BCUT2D eigenvalue weighted by molar-refractivity contribution is 7.99. The first-order valence-corrected chi connectivity index (χ1v) is 9.65. The minimum Gasteiger partial charge on any atom is -0.339 e. The summed E-state index contributed by atoms with van der Waals surface area (Å²) in [5.74, 6) is 1.09. The topological polar surface area (TPSA) is 52.7 Å². The van der Waals surface area contributed by atoms with Gasteiger partial charge in [-0.05, 0) is 43.4 Å². The van der Waals surface area contributed by atoms with Crippen LogP contribution in [-0.4, -0.2) is 60.2 Å². The first-order valence-electron chi connectivity index (χ1n) is 8.29. The van der Waals surface area contributed by atoms with Gasteiger partial charge in [-0.3, -0.25) is 4.79 Å².